The summed E-state index contributed by atoms with van der Waals surface area (Å²) in [6.07, 6.45) is -0.304. The second-order valence-electron chi connectivity index (χ2n) is 6.65. The zero-order valence-corrected chi connectivity index (χ0v) is 14.9. The first-order valence-electron chi connectivity index (χ1n) is 7.78. The van der Waals surface area contributed by atoms with Crippen molar-refractivity contribution in [2.45, 2.75) is 39.3 Å². The average Bonchev–Trinajstić information content (AvgIpc) is 2.45. The molecule has 2 rings (SSSR count). The minimum atomic E-state index is -0.493. The third-order valence-electron chi connectivity index (χ3n) is 3.40. The van der Waals surface area contributed by atoms with Crippen molar-refractivity contribution in [2.75, 3.05) is 19.6 Å². The van der Waals surface area contributed by atoms with Crippen LogP contribution in [0.4, 0.5) is 4.79 Å². The van der Waals surface area contributed by atoms with Gasteiger partial charge in [-0.05, 0) is 45.4 Å². The van der Waals surface area contributed by atoms with E-state index in [0.29, 0.717) is 24.7 Å². The minimum Gasteiger partial charge on any atom is -0.444 e. The molecule has 1 aromatic carbocycles. The normalized spacial score (nSPS) is 16.6. The van der Waals surface area contributed by atoms with Crippen molar-refractivity contribution >= 4 is 23.5 Å². The Kier molecular flexibility index (Phi) is 5.52. The number of halogens is 1. The van der Waals surface area contributed by atoms with Gasteiger partial charge in [0.05, 0.1) is 13.1 Å². The van der Waals surface area contributed by atoms with Crippen LogP contribution in [-0.4, -0.2) is 42.1 Å². The Hall–Kier alpha value is -1.75. The summed E-state index contributed by atoms with van der Waals surface area (Å²) in [6.45, 7) is 9.21. The fourth-order valence-electron chi connectivity index (χ4n) is 2.30. The number of ether oxygens (including phenoxy) is 1. The molecular weight excluding hydrogens is 314 g/mol. The van der Waals surface area contributed by atoms with Crippen LogP contribution < -0.4 is 5.32 Å². The average molecular weight is 338 g/mol. The topological polar surface area (TPSA) is 53.9 Å². The largest absolute Gasteiger partial charge is 0.444 e. The predicted octanol–water partition coefficient (Wildman–Crippen LogP) is 3.64. The second kappa shape index (κ2) is 7.21. The molecule has 1 atom stereocenters. The monoisotopic (exact) mass is 337 g/mol. The maximum Gasteiger partial charge on any atom is 0.410 e. The Morgan fingerprint density at radius 3 is 2.83 bits per heavy atom. The third-order valence-corrected chi connectivity index (χ3v) is 3.63. The van der Waals surface area contributed by atoms with E-state index in [1.165, 1.54) is 0 Å². The third kappa shape index (κ3) is 5.43. The molecular formula is C17H24ClN3O2. The van der Waals surface area contributed by atoms with Crippen molar-refractivity contribution in [1.29, 1.82) is 0 Å². The van der Waals surface area contributed by atoms with Gasteiger partial charge in [-0.2, -0.15) is 0 Å². The minimum absolute atomic E-state index is 0.0611. The maximum absolute atomic E-state index is 12.2. The highest BCUT2D eigenvalue weighted by Crippen LogP contribution is 2.18. The van der Waals surface area contributed by atoms with Gasteiger partial charge in [-0.3, -0.25) is 9.89 Å². The van der Waals surface area contributed by atoms with Gasteiger partial charge in [-0.1, -0.05) is 23.7 Å². The van der Waals surface area contributed by atoms with E-state index in [4.69, 9.17) is 16.3 Å². The summed E-state index contributed by atoms with van der Waals surface area (Å²) in [5.41, 5.74) is 0.586. The molecule has 0 saturated carbocycles. The molecule has 1 N–H and O–H groups in total. The number of rotatable bonds is 2. The molecule has 126 valence electrons. The maximum atomic E-state index is 12.2. The molecule has 0 bridgehead atoms. The van der Waals surface area contributed by atoms with E-state index in [-0.39, 0.29) is 12.1 Å². The van der Waals surface area contributed by atoms with Crippen molar-refractivity contribution in [3.05, 3.63) is 34.9 Å². The van der Waals surface area contributed by atoms with E-state index >= 15 is 0 Å². The number of benzene rings is 1. The number of carbonyl (C=O) groups excluding carboxylic acids is 1. The highest BCUT2D eigenvalue weighted by Gasteiger charge is 2.25. The van der Waals surface area contributed by atoms with Crippen molar-refractivity contribution in [3.8, 4) is 0 Å². The van der Waals surface area contributed by atoms with Gasteiger partial charge in [0, 0.05) is 17.6 Å². The van der Waals surface area contributed by atoms with Gasteiger partial charge in [0.15, 0.2) is 0 Å². The van der Waals surface area contributed by atoms with E-state index < -0.39 is 5.60 Å². The predicted molar refractivity (Wildman–Crippen MR) is 93.1 cm³/mol. The molecule has 0 radical (unpaired) electrons. The highest BCUT2D eigenvalue weighted by molar-refractivity contribution is 6.30. The SMILES string of the molecule is CC(NC1=NCCN(C(=O)OC(C)(C)C)C1)c1cccc(Cl)c1. The lowest BCUT2D eigenvalue weighted by atomic mass is 10.1. The van der Waals surface area contributed by atoms with Crippen LogP contribution >= 0.6 is 11.6 Å². The quantitative estimate of drug-likeness (QED) is 0.896. The van der Waals surface area contributed by atoms with E-state index in [2.05, 4.69) is 10.3 Å². The number of aliphatic imine (C=N–C) groups is 1. The van der Waals surface area contributed by atoms with Crippen molar-refractivity contribution < 1.29 is 9.53 Å². The standard InChI is InChI=1S/C17H24ClN3O2/c1-12(13-6-5-7-14(18)10-13)20-15-11-21(9-8-19-15)16(22)23-17(2,3)4/h5-7,10,12H,8-9,11H2,1-4H3,(H,19,20). The van der Waals surface area contributed by atoms with Gasteiger partial charge in [0.1, 0.15) is 11.4 Å². The molecule has 6 heteroatoms. The summed E-state index contributed by atoms with van der Waals surface area (Å²) >= 11 is 6.03. The summed E-state index contributed by atoms with van der Waals surface area (Å²) in [4.78, 5) is 18.3. The summed E-state index contributed by atoms with van der Waals surface area (Å²) in [5.74, 6) is 0.787. The summed E-state index contributed by atoms with van der Waals surface area (Å²) in [6, 6.07) is 7.77. The highest BCUT2D eigenvalue weighted by atomic mass is 35.5. The molecule has 1 amide bonds. The van der Waals surface area contributed by atoms with E-state index in [1.807, 2.05) is 52.0 Å². The van der Waals surface area contributed by atoms with Gasteiger partial charge >= 0.3 is 6.09 Å². The molecule has 0 aliphatic carbocycles. The van der Waals surface area contributed by atoms with Crippen molar-refractivity contribution in [1.82, 2.24) is 10.2 Å². The molecule has 1 unspecified atom stereocenters. The molecule has 0 spiro atoms. The number of carbonyl (C=O) groups is 1. The van der Waals surface area contributed by atoms with Crippen molar-refractivity contribution in [2.24, 2.45) is 4.99 Å². The fourth-order valence-corrected chi connectivity index (χ4v) is 2.50. The van der Waals surface area contributed by atoms with E-state index in [0.717, 1.165) is 11.4 Å². The first kappa shape index (κ1) is 17.6. The zero-order valence-electron chi connectivity index (χ0n) is 14.1. The number of hydrogen-bond acceptors (Lipinski definition) is 4. The summed E-state index contributed by atoms with van der Waals surface area (Å²) < 4.78 is 5.42. The van der Waals surface area contributed by atoms with Crippen LogP contribution in [0.2, 0.25) is 5.02 Å². The zero-order chi connectivity index (χ0) is 17.0. The number of hydrogen-bond donors (Lipinski definition) is 1. The van der Waals surface area contributed by atoms with Crippen LogP contribution in [0.1, 0.15) is 39.3 Å². The van der Waals surface area contributed by atoms with Gasteiger partial charge < -0.3 is 10.1 Å². The van der Waals surface area contributed by atoms with Gasteiger partial charge in [-0.25, -0.2) is 4.79 Å². The number of amides is 1. The molecule has 1 aromatic rings. The smallest absolute Gasteiger partial charge is 0.410 e. The molecule has 0 aromatic heterocycles. The van der Waals surface area contributed by atoms with Crippen LogP contribution in [0, 0.1) is 0 Å². The molecule has 1 aliphatic heterocycles. The van der Waals surface area contributed by atoms with Crippen LogP contribution in [-0.2, 0) is 4.74 Å². The van der Waals surface area contributed by atoms with Gasteiger partial charge in [0.2, 0.25) is 0 Å². The van der Waals surface area contributed by atoms with Gasteiger partial charge in [-0.15, -0.1) is 0 Å². The Labute approximate surface area is 142 Å². The summed E-state index contributed by atoms with van der Waals surface area (Å²) in [7, 11) is 0. The lowest BCUT2D eigenvalue weighted by Gasteiger charge is -2.30. The fraction of sp³-hybridized carbons (Fsp3) is 0.529. The number of nitrogens with zero attached hydrogens (tertiary/aromatic N) is 2. The molecule has 1 heterocycles. The Morgan fingerprint density at radius 2 is 2.17 bits per heavy atom. The van der Waals surface area contributed by atoms with Crippen LogP contribution in [0.5, 0.6) is 0 Å². The lowest BCUT2D eigenvalue weighted by molar-refractivity contribution is 0.0276. The van der Waals surface area contributed by atoms with Crippen LogP contribution in [0.15, 0.2) is 29.3 Å². The number of nitrogens with one attached hydrogen (secondary N) is 1. The molecule has 0 saturated heterocycles. The van der Waals surface area contributed by atoms with E-state index in [9.17, 15) is 4.79 Å². The number of amidine groups is 1. The first-order chi connectivity index (χ1) is 10.7. The second-order valence-corrected chi connectivity index (χ2v) is 7.09. The molecule has 1 aliphatic rings. The Balaban J connectivity index is 1.96. The molecule has 23 heavy (non-hydrogen) atoms. The Bertz CT molecular complexity index is 596. The van der Waals surface area contributed by atoms with E-state index in [1.54, 1.807) is 4.90 Å². The first-order valence-corrected chi connectivity index (χ1v) is 8.15. The summed E-state index contributed by atoms with van der Waals surface area (Å²) in [5, 5.41) is 4.06. The van der Waals surface area contributed by atoms with Gasteiger partial charge in [0.25, 0.3) is 0 Å². The van der Waals surface area contributed by atoms with Crippen LogP contribution in [0.3, 0.4) is 0 Å². The van der Waals surface area contributed by atoms with Crippen LogP contribution in [0.25, 0.3) is 0 Å². The Morgan fingerprint density at radius 1 is 1.43 bits per heavy atom. The molecule has 0 fully saturated rings. The van der Waals surface area contributed by atoms with Crippen molar-refractivity contribution in [3.63, 3.8) is 0 Å². The lowest BCUT2D eigenvalue weighted by Crippen LogP contribution is -2.47. The molecule has 5 nitrogen and oxygen atoms in total.